The van der Waals surface area contributed by atoms with Gasteiger partial charge in [-0.25, -0.2) is 14.1 Å². The molecule has 194 valence electrons. The molecule has 38 heavy (non-hydrogen) atoms. The third kappa shape index (κ3) is 5.73. The number of aromatic hydroxyl groups is 1. The predicted octanol–water partition coefficient (Wildman–Crippen LogP) is 3.88. The Hall–Kier alpha value is -4.90. The molecule has 1 saturated heterocycles. The number of phenolic OH excluding ortho intramolecular Hbond substituents is 1. The molecule has 0 atom stereocenters. The number of rotatable bonds is 7. The van der Waals surface area contributed by atoms with Crippen molar-refractivity contribution in [3.05, 3.63) is 82.6 Å². The molecule has 5 amide bonds. The number of amides is 5. The first-order valence-electron chi connectivity index (χ1n) is 10.9. The van der Waals surface area contributed by atoms with E-state index in [0.29, 0.717) is 5.69 Å². The monoisotopic (exact) mass is 539 g/mol. The van der Waals surface area contributed by atoms with Crippen LogP contribution in [0.4, 0.5) is 20.6 Å². The maximum Gasteiger partial charge on any atom is 0.335 e. The fourth-order valence-electron chi connectivity index (χ4n) is 3.49. The van der Waals surface area contributed by atoms with Crippen LogP contribution in [0.3, 0.4) is 0 Å². The fraction of sp³-hybridized carbons (Fsp3) is 0.0769. The molecular weight excluding hydrogens is 521 g/mol. The largest absolute Gasteiger partial charge is 0.508 e. The quantitative estimate of drug-likeness (QED) is 0.306. The highest BCUT2D eigenvalue weighted by molar-refractivity contribution is 6.39. The number of phenols is 1. The van der Waals surface area contributed by atoms with Gasteiger partial charge in [-0.05, 0) is 72.3 Å². The van der Waals surface area contributed by atoms with Gasteiger partial charge in [0.05, 0.1) is 17.8 Å². The molecular formula is C26H19ClFN3O7. The second-order valence-electron chi connectivity index (χ2n) is 7.85. The summed E-state index contributed by atoms with van der Waals surface area (Å²) in [6.07, 6.45) is 1.22. The Kier molecular flexibility index (Phi) is 7.58. The number of urea groups is 1. The molecule has 0 spiro atoms. The van der Waals surface area contributed by atoms with Crippen LogP contribution in [0, 0.1) is 5.82 Å². The van der Waals surface area contributed by atoms with Crippen LogP contribution in [0.15, 0.2) is 66.2 Å². The number of barbiturate groups is 1. The first-order chi connectivity index (χ1) is 18.2. The zero-order valence-corrected chi connectivity index (χ0v) is 20.4. The van der Waals surface area contributed by atoms with Crippen LogP contribution in [0.2, 0.25) is 5.02 Å². The van der Waals surface area contributed by atoms with Crippen LogP contribution < -0.4 is 25.0 Å². The van der Waals surface area contributed by atoms with Gasteiger partial charge in [-0.15, -0.1) is 0 Å². The lowest BCUT2D eigenvalue weighted by Crippen LogP contribution is -2.54. The first-order valence-corrected chi connectivity index (χ1v) is 11.3. The van der Waals surface area contributed by atoms with Crippen LogP contribution in [0.5, 0.6) is 17.2 Å². The summed E-state index contributed by atoms with van der Waals surface area (Å²) >= 11 is 6.35. The van der Waals surface area contributed by atoms with Gasteiger partial charge >= 0.3 is 6.03 Å². The summed E-state index contributed by atoms with van der Waals surface area (Å²) in [5.41, 5.74) is 0.425. The zero-order chi connectivity index (χ0) is 27.4. The normalized spacial score (nSPS) is 14.3. The molecule has 1 aliphatic rings. The minimum absolute atomic E-state index is 0.0147. The van der Waals surface area contributed by atoms with Gasteiger partial charge in [0, 0.05) is 5.69 Å². The SMILES string of the molecule is COc1cc(/C=C2/C(=O)NC(=O)N(c3ccc(O)cc3)C2=O)cc(Cl)c1OCC(=O)Nc1ccc(F)cc1. The fourth-order valence-corrected chi connectivity index (χ4v) is 3.77. The Balaban J connectivity index is 1.55. The Bertz CT molecular complexity index is 1460. The average molecular weight is 540 g/mol. The van der Waals surface area contributed by atoms with Crippen LogP contribution >= 0.6 is 11.6 Å². The molecule has 0 bridgehead atoms. The van der Waals surface area contributed by atoms with Crippen molar-refractivity contribution in [1.29, 1.82) is 0 Å². The van der Waals surface area contributed by atoms with Crippen molar-refractivity contribution in [2.24, 2.45) is 0 Å². The Morgan fingerprint density at radius 1 is 1.11 bits per heavy atom. The van der Waals surface area contributed by atoms with Gasteiger partial charge in [-0.1, -0.05) is 11.6 Å². The second kappa shape index (κ2) is 11.0. The lowest BCUT2D eigenvalue weighted by molar-refractivity contribution is -0.122. The summed E-state index contributed by atoms with van der Waals surface area (Å²) in [6, 6.07) is 12.3. The summed E-state index contributed by atoms with van der Waals surface area (Å²) in [5.74, 6) is -2.72. The van der Waals surface area contributed by atoms with E-state index in [1.165, 1.54) is 73.8 Å². The smallest absolute Gasteiger partial charge is 0.335 e. The maximum absolute atomic E-state index is 13.0. The number of carbonyl (C=O) groups excluding carboxylic acids is 4. The van der Waals surface area contributed by atoms with Crippen LogP contribution in [-0.2, 0) is 14.4 Å². The highest BCUT2D eigenvalue weighted by Gasteiger charge is 2.36. The van der Waals surface area contributed by atoms with Crippen molar-refractivity contribution in [1.82, 2.24) is 5.32 Å². The third-order valence-electron chi connectivity index (χ3n) is 5.25. The molecule has 0 aromatic heterocycles. The number of ether oxygens (including phenoxy) is 2. The van der Waals surface area contributed by atoms with Gasteiger partial charge in [0.2, 0.25) is 0 Å². The van der Waals surface area contributed by atoms with Gasteiger partial charge in [0.15, 0.2) is 18.1 Å². The number of methoxy groups -OCH3 is 1. The summed E-state index contributed by atoms with van der Waals surface area (Å²) in [4.78, 5) is 50.8. The standard InChI is InChI=1S/C26H19ClFN3O7/c1-37-21-12-14(11-20(27)23(21)38-13-22(33)29-16-4-2-15(28)3-5-16)10-19-24(34)30-26(36)31(25(19)35)17-6-8-18(32)9-7-17/h2-12,32H,13H2,1H3,(H,29,33)(H,30,34,36)/b19-10-. The van der Waals surface area contributed by atoms with E-state index in [1.54, 1.807) is 0 Å². The lowest BCUT2D eigenvalue weighted by atomic mass is 10.1. The maximum atomic E-state index is 13.0. The molecule has 0 unspecified atom stereocenters. The molecule has 10 nitrogen and oxygen atoms in total. The van der Waals surface area contributed by atoms with E-state index in [9.17, 15) is 28.7 Å². The first kappa shape index (κ1) is 26.2. The van der Waals surface area contributed by atoms with Crippen molar-refractivity contribution < 1.29 is 38.1 Å². The molecule has 3 N–H and O–H groups in total. The average Bonchev–Trinajstić information content (AvgIpc) is 2.88. The van der Waals surface area contributed by atoms with Gasteiger partial charge in [0.1, 0.15) is 17.1 Å². The minimum Gasteiger partial charge on any atom is -0.508 e. The number of nitrogens with one attached hydrogen (secondary N) is 2. The zero-order valence-electron chi connectivity index (χ0n) is 19.7. The molecule has 0 saturated carbocycles. The van der Waals surface area contributed by atoms with Crippen LogP contribution in [-0.4, -0.2) is 42.6 Å². The molecule has 1 fully saturated rings. The van der Waals surface area contributed by atoms with Crippen molar-refractivity contribution in [3.63, 3.8) is 0 Å². The van der Waals surface area contributed by atoms with Crippen molar-refractivity contribution in [2.75, 3.05) is 23.9 Å². The number of nitrogens with zero attached hydrogens (tertiary/aromatic N) is 1. The molecule has 4 rings (SSSR count). The van der Waals surface area contributed by atoms with E-state index in [0.717, 1.165) is 4.90 Å². The molecule has 1 heterocycles. The topological polar surface area (TPSA) is 134 Å². The van der Waals surface area contributed by atoms with Crippen LogP contribution in [0.1, 0.15) is 5.56 Å². The summed E-state index contributed by atoms with van der Waals surface area (Å²) in [7, 11) is 1.33. The Morgan fingerprint density at radius 2 is 1.79 bits per heavy atom. The van der Waals surface area contributed by atoms with E-state index in [4.69, 9.17) is 21.1 Å². The Morgan fingerprint density at radius 3 is 2.45 bits per heavy atom. The molecule has 3 aromatic carbocycles. The van der Waals surface area contributed by atoms with Crippen LogP contribution in [0.25, 0.3) is 6.08 Å². The Labute approximate surface area is 220 Å². The van der Waals surface area contributed by atoms with Gasteiger partial charge in [-0.2, -0.15) is 0 Å². The highest BCUT2D eigenvalue weighted by Crippen LogP contribution is 2.37. The van der Waals surface area contributed by atoms with E-state index in [1.807, 2.05) is 0 Å². The minimum atomic E-state index is -0.943. The number of carbonyl (C=O) groups is 4. The molecule has 3 aromatic rings. The summed E-state index contributed by atoms with van der Waals surface area (Å²) < 4.78 is 23.9. The predicted molar refractivity (Wildman–Crippen MR) is 136 cm³/mol. The molecule has 12 heteroatoms. The van der Waals surface area contributed by atoms with Crippen molar-refractivity contribution >= 4 is 52.8 Å². The number of hydrogen-bond donors (Lipinski definition) is 3. The number of benzene rings is 3. The second-order valence-corrected chi connectivity index (χ2v) is 8.26. The number of hydrogen-bond acceptors (Lipinski definition) is 7. The molecule has 0 aliphatic carbocycles. The number of anilines is 2. The van der Waals surface area contributed by atoms with E-state index in [-0.39, 0.29) is 39.1 Å². The lowest BCUT2D eigenvalue weighted by Gasteiger charge is -2.26. The van der Waals surface area contributed by atoms with Gasteiger partial charge in [-0.3, -0.25) is 19.7 Å². The van der Waals surface area contributed by atoms with Crippen molar-refractivity contribution in [2.45, 2.75) is 0 Å². The van der Waals surface area contributed by atoms with Gasteiger partial charge in [0.25, 0.3) is 17.7 Å². The van der Waals surface area contributed by atoms with E-state index >= 15 is 0 Å². The van der Waals surface area contributed by atoms with E-state index in [2.05, 4.69) is 10.6 Å². The third-order valence-corrected chi connectivity index (χ3v) is 5.53. The van der Waals surface area contributed by atoms with Gasteiger partial charge < -0.3 is 19.9 Å². The summed E-state index contributed by atoms with van der Waals surface area (Å²) in [5, 5.41) is 14.1. The summed E-state index contributed by atoms with van der Waals surface area (Å²) in [6.45, 7) is -0.446. The number of imide groups is 2. The number of halogens is 2. The highest BCUT2D eigenvalue weighted by atomic mass is 35.5. The molecule has 0 radical (unpaired) electrons. The van der Waals surface area contributed by atoms with Crippen molar-refractivity contribution in [3.8, 4) is 17.2 Å². The van der Waals surface area contributed by atoms with E-state index < -0.39 is 36.2 Å². The molecule has 1 aliphatic heterocycles.